The first kappa shape index (κ1) is 14.1. The lowest BCUT2D eigenvalue weighted by atomic mass is 10.1. The number of carbonyl (C=O) groups is 1. The number of carbonyl (C=O) groups excluding carboxylic acids is 1. The summed E-state index contributed by atoms with van der Waals surface area (Å²) >= 11 is 3.23. The molecule has 0 fully saturated rings. The molecule has 0 saturated heterocycles. The summed E-state index contributed by atoms with van der Waals surface area (Å²) in [5.74, 6) is -0.0958. The van der Waals surface area contributed by atoms with Crippen molar-refractivity contribution < 1.29 is 4.79 Å². The molecule has 0 N–H and O–H groups in total. The molecule has 2 heterocycles. The second-order valence-corrected chi connectivity index (χ2v) is 6.12. The Bertz CT molecular complexity index is 740. The Kier molecular flexibility index (Phi) is 3.68. The van der Waals surface area contributed by atoms with Gasteiger partial charge in [-0.25, -0.2) is 0 Å². The van der Waals surface area contributed by atoms with Crippen molar-refractivity contribution in [1.82, 2.24) is 9.47 Å². The monoisotopic (exact) mass is 346 g/mol. The van der Waals surface area contributed by atoms with Crippen molar-refractivity contribution in [3.63, 3.8) is 0 Å². The Morgan fingerprint density at radius 1 is 1.14 bits per heavy atom. The second kappa shape index (κ2) is 5.48. The summed E-state index contributed by atoms with van der Waals surface area (Å²) in [4.78, 5) is 26.6. The van der Waals surface area contributed by atoms with Gasteiger partial charge in [-0.15, -0.1) is 0 Å². The number of benzene rings is 1. The van der Waals surface area contributed by atoms with Crippen LogP contribution in [0.5, 0.6) is 0 Å². The Morgan fingerprint density at radius 3 is 2.57 bits per heavy atom. The summed E-state index contributed by atoms with van der Waals surface area (Å²) in [6, 6.07) is 13.2. The molecule has 1 aliphatic heterocycles. The van der Waals surface area contributed by atoms with E-state index >= 15 is 0 Å². The van der Waals surface area contributed by atoms with Crippen molar-refractivity contribution in [2.24, 2.45) is 0 Å². The average Bonchev–Trinajstić information content (AvgIpc) is 2.48. The smallest absolute Gasteiger partial charge is 0.270 e. The molecule has 1 unspecified atom stereocenters. The van der Waals surface area contributed by atoms with Gasteiger partial charge in [0.2, 0.25) is 0 Å². The maximum atomic E-state index is 12.6. The van der Waals surface area contributed by atoms with E-state index in [4.69, 9.17) is 0 Å². The van der Waals surface area contributed by atoms with Crippen LogP contribution in [0, 0.1) is 0 Å². The highest BCUT2D eigenvalue weighted by molar-refractivity contribution is 9.10. The maximum absolute atomic E-state index is 12.6. The summed E-state index contributed by atoms with van der Waals surface area (Å²) in [5, 5.41) is 0. The van der Waals surface area contributed by atoms with Crippen LogP contribution < -0.4 is 5.56 Å². The number of hydrogen-bond acceptors (Lipinski definition) is 2. The third kappa shape index (κ3) is 2.53. The summed E-state index contributed by atoms with van der Waals surface area (Å²) in [5.41, 5.74) is 1.40. The first-order chi connectivity index (χ1) is 10.1. The molecule has 0 radical (unpaired) electrons. The number of pyridine rings is 1. The summed E-state index contributed by atoms with van der Waals surface area (Å²) < 4.78 is 2.07. The molecule has 21 heavy (non-hydrogen) atoms. The third-order valence-corrected chi connectivity index (χ3v) is 4.32. The predicted octanol–water partition coefficient (Wildman–Crippen LogP) is 2.83. The van der Waals surface area contributed by atoms with E-state index < -0.39 is 0 Å². The maximum Gasteiger partial charge on any atom is 0.270 e. The Morgan fingerprint density at radius 2 is 1.86 bits per heavy atom. The zero-order chi connectivity index (χ0) is 15.0. The SMILES string of the molecule is CC1CN(Cc2ccccc2)C(=O)c2ccc(Br)c(=O)n21. The molecule has 0 bridgehead atoms. The van der Waals surface area contributed by atoms with Gasteiger partial charge in [0, 0.05) is 13.1 Å². The van der Waals surface area contributed by atoms with E-state index in [2.05, 4.69) is 15.9 Å². The van der Waals surface area contributed by atoms with Crippen LogP contribution in [0.3, 0.4) is 0 Å². The molecule has 0 spiro atoms. The van der Waals surface area contributed by atoms with Gasteiger partial charge in [0.15, 0.2) is 0 Å². The minimum absolute atomic E-state index is 0.0357. The minimum atomic E-state index is -0.146. The summed E-state index contributed by atoms with van der Waals surface area (Å²) in [6.07, 6.45) is 0. The highest BCUT2D eigenvalue weighted by Gasteiger charge is 2.29. The normalized spacial score (nSPS) is 17.7. The number of fused-ring (bicyclic) bond motifs is 1. The van der Waals surface area contributed by atoms with Crippen molar-refractivity contribution >= 4 is 21.8 Å². The lowest BCUT2D eigenvalue weighted by molar-refractivity contribution is 0.0656. The number of amides is 1. The highest BCUT2D eigenvalue weighted by Crippen LogP contribution is 2.22. The largest absolute Gasteiger partial charge is 0.331 e. The molecule has 1 aromatic carbocycles. The first-order valence-electron chi connectivity index (χ1n) is 6.82. The van der Waals surface area contributed by atoms with Gasteiger partial charge in [0.25, 0.3) is 11.5 Å². The molecular weight excluding hydrogens is 332 g/mol. The number of nitrogens with zero attached hydrogens (tertiary/aromatic N) is 2. The fourth-order valence-electron chi connectivity index (χ4n) is 2.73. The van der Waals surface area contributed by atoms with Gasteiger partial charge in [-0.1, -0.05) is 30.3 Å². The minimum Gasteiger partial charge on any atom is -0.331 e. The standard InChI is InChI=1S/C16H15BrN2O2/c1-11-9-18(10-12-5-3-2-4-6-12)16(21)14-8-7-13(17)15(20)19(11)14/h2-8,11H,9-10H2,1H3. The molecular formula is C16H15BrN2O2. The van der Waals surface area contributed by atoms with E-state index in [0.717, 1.165) is 5.56 Å². The Labute approximate surface area is 131 Å². The average molecular weight is 347 g/mol. The molecule has 0 aliphatic carbocycles. The van der Waals surface area contributed by atoms with Crippen LogP contribution in [0.4, 0.5) is 0 Å². The van der Waals surface area contributed by atoms with Crippen molar-refractivity contribution in [3.05, 3.63) is 68.5 Å². The number of rotatable bonds is 2. The number of hydrogen-bond donors (Lipinski definition) is 0. The van der Waals surface area contributed by atoms with Crippen LogP contribution in [0.1, 0.15) is 29.0 Å². The van der Waals surface area contributed by atoms with E-state index in [1.165, 1.54) is 0 Å². The fourth-order valence-corrected chi connectivity index (χ4v) is 3.05. The van der Waals surface area contributed by atoms with Crippen LogP contribution in [0.15, 0.2) is 51.7 Å². The van der Waals surface area contributed by atoms with Crippen LogP contribution in [-0.2, 0) is 6.54 Å². The van der Waals surface area contributed by atoms with Gasteiger partial charge < -0.3 is 4.90 Å². The van der Waals surface area contributed by atoms with Gasteiger partial charge in [0.05, 0.1) is 10.5 Å². The zero-order valence-corrected chi connectivity index (χ0v) is 13.2. The molecule has 108 valence electrons. The van der Waals surface area contributed by atoms with Gasteiger partial charge in [-0.2, -0.15) is 0 Å². The van der Waals surface area contributed by atoms with Crippen molar-refractivity contribution in [3.8, 4) is 0 Å². The lowest BCUT2D eigenvalue weighted by Gasteiger charge is -2.34. The van der Waals surface area contributed by atoms with E-state index in [9.17, 15) is 9.59 Å². The molecule has 0 saturated carbocycles. The highest BCUT2D eigenvalue weighted by atomic mass is 79.9. The molecule has 1 amide bonds. The topological polar surface area (TPSA) is 42.3 Å². The predicted molar refractivity (Wildman–Crippen MR) is 84.3 cm³/mol. The third-order valence-electron chi connectivity index (χ3n) is 3.72. The van der Waals surface area contributed by atoms with Crippen molar-refractivity contribution in [2.75, 3.05) is 6.54 Å². The van der Waals surface area contributed by atoms with Crippen LogP contribution in [0.2, 0.25) is 0 Å². The van der Waals surface area contributed by atoms with E-state index in [0.29, 0.717) is 23.3 Å². The van der Waals surface area contributed by atoms with E-state index in [1.807, 2.05) is 37.3 Å². The molecule has 1 aliphatic rings. The van der Waals surface area contributed by atoms with Crippen LogP contribution in [0.25, 0.3) is 0 Å². The molecule has 1 atom stereocenters. The summed E-state index contributed by atoms with van der Waals surface area (Å²) in [6.45, 7) is 3.06. The summed E-state index contributed by atoms with van der Waals surface area (Å²) in [7, 11) is 0. The van der Waals surface area contributed by atoms with Crippen LogP contribution >= 0.6 is 15.9 Å². The van der Waals surface area contributed by atoms with Gasteiger partial charge in [-0.05, 0) is 40.5 Å². The van der Waals surface area contributed by atoms with Gasteiger partial charge in [-0.3, -0.25) is 14.2 Å². The van der Waals surface area contributed by atoms with Crippen molar-refractivity contribution in [2.45, 2.75) is 19.5 Å². The van der Waals surface area contributed by atoms with Gasteiger partial charge in [0.1, 0.15) is 5.69 Å². The lowest BCUT2D eigenvalue weighted by Crippen LogP contribution is -2.46. The first-order valence-corrected chi connectivity index (χ1v) is 7.61. The molecule has 5 heteroatoms. The molecule has 2 aromatic rings. The Balaban J connectivity index is 1.97. The quantitative estimate of drug-likeness (QED) is 0.838. The van der Waals surface area contributed by atoms with Gasteiger partial charge >= 0.3 is 0 Å². The zero-order valence-electron chi connectivity index (χ0n) is 11.6. The van der Waals surface area contributed by atoms with E-state index in [-0.39, 0.29) is 17.5 Å². The fraction of sp³-hybridized carbons (Fsp3) is 0.250. The second-order valence-electron chi connectivity index (χ2n) is 5.26. The molecule has 3 rings (SSSR count). The Hall–Kier alpha value is -1.88. The molecule has 4 nitrogen and oxygen atoms in total. The molecule has 1 aromatic heterocycles. The number of aromatic nitrogens is 1. The van der Waals surface area contributed by atoms with Crippen LogP contribution in [-0.4, -0.2) is 21.9 Å². The number of halogens is 1. The van der Waals surface area contributed by atoms with Crippen molar-refractivity contribution in [1.29, 1.82) is 0 Å². The van der Waals surface area contributed by atoms with E-state index in [1.54, 1.807) is 21.6 Å².